The van der Waals surface area contributed by atoms with E-state index in [1.165, 1.54) is 25.0 Å². The number of hydrogen-bond acceptors (Lipinski definition) is 2. The minimum absolute atomic E-state index is 0.196. The second-order valence-electron chi connectivity index (χ2n) is 6.68. The van der Waals surface area contributed by atoms with Gasteiger partial charge in [-0.15, -0.1) is 0 Å². The highest BCUT2D eigenvalue weighted by Crippen LogP contribution is 2.29. The highest BCUT2D eigenvalue weighted by atomic mass is 19.1. The van der Waals surface area contributed by atoms with E-state index in [2.05, 4.69) is 4.90 Å². The molecule has 2 aliphatic rings. The van der Waals surface area contributed by atoms with Crippen molar-refractivity contribution in [3.8, 4) is 0 Å². The van der Waals surface area contributed by atoms with Gasteiger partial charge >= 0.3 is 0 Å². The van der Waals surface area contributed by atoms with Crippen molar-refractivity contribution in [2.24, 2.45) is 0 Å². The van der Waals surface area contributed by atoms with Crippen LogP contribution in [0.5, 0.6) is 0 Å². The molecule has 2 unspecified atom stereocenters. The molecule has 1 saturated heterocycles. The fraction of sp³-hybridized carbons (Fsp3) is 0.632. The smallest absolute Gasteiger partial charge is 0.222 e. The van der Waals surface area contributed by atoms with Crippen LogP contribution in [0.25, 0.3) is 0 Å². The van der Waals surface area contributed by atoms with Gasteiger partial charge in [-0.1, -0.05) is 25.0 Å². The van der Waals surface area contributed by atoms with Crippen molar-refractivity contribution in [2.75, 3.05) is 13.2 Å². The molecule has 2 atom stereocenters. The molecule has 1 amide bonds. The lowest BCUT2D eigenvalue weighted by atomic mass is 9.90. The van der Waals surface area contributed by atoms with Gasteiger partial charge in [0.25, 0.3) is 0 Å². The number of rotatable bonds is 5. The third-order valence-electron chi connectivity index (χ3n) is 5.07. The third-order valence-corrected chi connectivity index (χ3v) is 5.07. The van der Waals surface area contributed by atoms with E-state index in [4.69, 9.17) is 4.74 Å². The quantitative estimate of drug-likeness (QED) is 0.774. The minimum Gasteiger partial charge on any atom is -0.374 e. The molecule has 0 spiro atoms. The minimum atomic E-state index is -0.196. The second kappa shape index (κ2) is 7.91. The summed E-state index contributed by atoms with van der Waals surface area (Å²) in [6.07, 6.45) is 8.26. The Morgan fingerprint density at radius 3 is 2.78 bits per heavy atom. The van der Waals surface area contributed by atoms with Gasteiger partial charge in [0.1, 0.15) is 5.82 Å². The van der Waals surface area contributed by atoms with Crippen LogP contribution in [0.2, 0.25) is 0 Å². The predicted octanol–water partition coefficient (Wildman–Crippen LogP) is 3.71. The summed E-state index contributed by atoms with van der Waals surface area (Å²) >= 11 is 0. The van der Waals surface area contributed by atoms with Crippen LogP contribution in [0.1, 0.15) is 50.5 Å². The zero-order valence-electron chi connectivity index (χ0n) is 13.7. The van der Waals surface area contributed by atoms with Gasteiger partial charge in [0.15, 0.2) is 0 Å². The van der Waals surface area contributed by atoms with Crippen molar-refractivity contribution < 1.29 is 13.9 Å². The van der Waals surface area contributed by atoms with Crippen LogP contribution in [0, 0.1) is 5.82 Å². The maximum absolute atomic E-state index is 12.9. The topological polar surface area (TPSA) is 29.5 Å². The number of hydrogen-bond donors (Lipinski definition) is 0. The van der Waals surface area contributed by atoms with Gasteiger partial charge in [0.05, 0.1) is 18.8 Å². The molecular formula is C19H26FNO2. The molecule has 126 valence electrons. The van der Waals surface area contributed by atoms with Crippen molar-refractivity contribution in [3.63, 3.8) is 0 Å². The van der Waals surface area contributed by atoms with E-state index in [1.807, 2.05) is 12.1 Å². The Balaban J connectivity index is 1.42. The predicted molar refractivity (Wildman–Crippen MR) is 87.7 cm³/mol. The van der Waals surface area contributed by atoms with Crippen molar-refractivity contribution in [1.29, 1.82) is 0 Å². The Labute approximate surface area is 137 Å². The van der Waals surface area contributed by atoms with Crippen molar-refractivity contribution in [1.82, 2.24) is 4.90 Å². The molecule has 1 aromatic rings. The Hall–Kier alpha value is -1.42. The molecular weight excluding hydrogens is 293 g/mol. The number of benzene rings is 1. The van der Waals surface area contributed by atoms with Crippen molar-refractivity contribution in [2.45, 2.75) is 63.5 Å². The van der Waals surface area contributed by atoms with Crippen LogP contribution in [0.3, 0.4) is 0 Å². The molecule has 3 nitrogen and oxygen atoms in total. The molecule has 3 rings (SSSR count). The Kier molecular flexibility index (Phi) is 5.65. The first-order chi connectivity index (χ1) is 11.2. The zero-order chi connectivity index (χ0) is 16.1. The Morgan fingerprint density at radius 2 is 1.96 bits per heavy atom. The molecule has 1 aromatic carbocycles. The van der Waals surface area contributed by atoms with E-state index in [9.17, 15) is 9.18 Å². The van der Waals surface area contributed by atoms with E-state index in [1.54, 1.807) is 0 Å². The van der Waals surface area contributed by atoms with Gasteiger partial charge in [0, 0.05) is 13.0 Å². The highest BCUT2D eigenvalue weighted by molar-refractivity contribution is 5.76. The van der Waals surface area contributed by atoms with Crippen LogP contribution >= 0.6 is 0 Å². The molecule has 1 saturated carbocycles. The number of carbonyl (C=O) groups excluding carboxylic acids is 1. The first-order valence-corrected chi connectivity index (χ1v) is 8.89. The molecule has 4 heteroatoms. The summed E-state index contributed by atoms with van der Waals surface area (Å²) in [4.78, 5) is 14.6. The van der Waals surface area contributed by atoms with E-state index in [0.717, 1.165) is 44.2 Å². The average molecular weight is 319 g/mol. The average Bonchev–Trinajstić information content (AvgIpc) is 2.59. The summed E-state index contributed by atoms with van der Waals surface area (Å²) in [5, 5.41) is 0. The summed E-state index contributed by atoms with van der Waals surface area (Å²) in [5.41, 5.74) is 1.14. The van der Waals surface area contributed by atoms with Crippen LogP contribution in [0.15, 0.2) is 24.3 Å². The first-order valence-electron chi connectivity index (χ1n) is 8.89. The van der Waals surface area contributed by atoms with Crippen LogP contribution in [-0.4, -0.2) is 36.1 Å². The second-order valence-corrected chi connectivity index (χ2v) is 6.68. The molecule has 0 N–H and O–H groups in total. The van der Waals surface area contributed by atoms with Crippen LogP contribution in [-0.2, 0) is 16.0 Å². The number of ether oxygens (including phenoxy) is 1. The van der Waals surface area contributed by atoms with Gasteiger partial charge in [-0.2, -0.15) is 0 Å². The lowest BCUT2D eigenvalue weighted by Crippen LogP contribution is -2.54. The molecule has 0 radical (unpaired) electrons. The summed E-state index contributed by atoms with van der Waals surface area (Å²) in [6, 6.07) is 6.95. The summed E-state index contributed by atoms with van der Waals surface area (Å²) < 4.78 is 18.7. The lowest BCUT2D eigenvalue weighted by Gasteiger charge is -2.43. The maximum atomic E-state index is 12.9. The maximum Gasteiger partial charge on any atom is 0.222 e. The standard InChI is InChI=1S/C19H26FNO2/c20-16-11-9-15(10-12-16)5-1-4-8-19(22)21-13-14-23-18-7-3-2-6-17(18)21/h9-12,17-18H,1-8,13-14H2. The summed E-state index contributed by atoms with van der Waals surface area (Å²) in [5.74, 6) is 0.0857. The SMILES string of the molecule is O=C(CCCCc1ccc(F)cc1)N1CCOC2CCCCC21. The van der Waals surface area contributed by atoms with Gasteiger partial charge in [-0.25, -0.2) is 4.39 Å². The zero-order valence-corrected chi connectivity index (χ0v) is 13.7. The number of unbranched alkanes of at least 4 members (excludes halogenated alkanes) is 1. The van der Waals surface area contributed by atoms with E-state index >= 15 is 0 Å². The number of morpholine rings is 1. The molecule has 2 fully saturated rings. The first kappa shape index (κ1) is 16.4. The molecule has 23 heavy (non-hydrogen) atoms. The fourth-order valence-corrected chi connectivity index (χ4v) is 3.81. The normalized spacial score (nSPS) is 24.3. The summed E-state index contributed by atoms with van der Waals surface area (Å²) in [6.45, 7) is 1.43. The number of nitrogens with zero attached hydrogens (tertiary/aromatic N) is 1. The van der Waals surface area contributed by atoms with Crippen LogP contribution < -0.4 is 0 Å². The third kappa shape index (κ3) is 4.31. The van der Waals surface area contributed by atoms with E-state index in [0.29, 0.717) is 19.1 Å². The van der Waals surface area contributed by atoms with Crippen molar-refractivity contribution >= 4 is 5.91 Å². The number of carbonyl (C=O) groups is 1. The van der Waals surface area contributed by atoms with Crippen molar-refractivity contribution in [3.05, 3.63) is 35.6 Å². The Morgan fingerprint density at radius 1 is 1.17 bits per heavy atom. The fourth-order valence-electron chi connectivity index (χ4n) is 3.81. The highest BCUT2D eigenvalue weighted by Gasteiger charge is 2.36. The number of halogens is 1. The number of fused-ring (bicyclic) bond motifs is 1. The number of aryl methyl sites for hydroxylation is 1. The van der Waals surface area contributed by atoms with Crippen LogP contribution in [0.4, 0.5) is 4.39 Å². The lowest BCUT2D eigenvalue weighted by molar-refractivity contribution is -0.149. The largest absolute Gasteiger partial charge is 0.374 e. The van der Waals surface area contributed by atoms with E-state index < -0.39 is 0 Å². The molecule has 0 aromatic heterocycles. The Bertz CT molecular complexity index is 515. The molecule has 1 heterocycles. The van der Waals surface area contributed by atoms with Gasteiger partial charge < -0.3 is 9.64 Å². The van der Waals surface area contributed by atoms with Gasteiger partial charge in [-0.05, 0) is 49.8 Å². The number of amides is 1. The van der Waals surface area contributed by atoms with E-state index in [-0.39, 0.29) is 17.8 Å². The summed E-state index contributed by atoms with van der Waals surface area (Å²) in [7, 11) is 0. The molecule has 1 aliphatic heterocycles. The van der Waals surface area contributed by atoms with Gasteiger partial charge in [-0.3, -0.25) is 4.79 Å². The van der Waals surface area contributed by atoms with Gasteiger partial charge in [0.2, 0.25) is 5.91 Å². The molecule has 1 aliphatic carbocycles. The monoisotopic (exact) mass is 319 g/mol. The molecule has 0 bridgehead atoms.